The van der Waals surface area contributed by atoms with E-state index in [4.69, 9.17) is 4.74 Å². The molecule has 0 aliphatic carbocycles. The fourth-order valence-corrected chi connectivity index (χ4v) is 5.92. The van der Waals surface area contributed by atoms with Gasteiger partial charge in [-0.2, -0.15) is 0 Å². The third-order valence-electron chi connectivity index (χ3n) is 5.82. The van der Waals surface area contributed by atoms with E-state index >= 15 is 0 Å². The van der Waals surface area contributed by atoms with Gasteiger partial charge in [0.1, 0.15) is 5.75 Å². The summed E-state index contributed by atoms with van der Waals surface area (Å²) in [6, 6.07) is 14.9. The van der Waals surface area contributed by atoms with E-state index in [1.807, 2.05) is 19.1 Å². The quantitative estimate of drug-likeness (QED) is 0.515. The second-order valence-corrected chi connectivity index (χ2v) is 10.1. The summed E-state index contributed by atoms with van der Waals surface area (Å²) in [5.74, 6) is -0.503. The van der Waals surface area contributed by atoms with E-state index in [1.165, 1.54) is 12.7 Å². The lowest BCUT2D eigenvalue weighted by molar-refractivity contribution is -0.133. The molecule has 1 saturated heterocycles. The number of hydrogen-bond acceptors (Lipinski definition) is 6. The molecule has 2 N–H and O–H groups in total. The molecule has 0 radical (unpaired) electrons. The first-order chi connectivity index (χ1) is 14.3. The van der Waals surface area contributed by atoms with Crippen molar-refractivity contribution in [2.45, 2.75) is 36.8 Å². The normalized spacial score (nSPS) is 16.8. The summed E-state index contributed by atoms with van der Waals surface area (Å²) in [4.78, 5) is 14.7. The molecule has 162 valence electrons. The number of carbonyl (C=O) groups is 1. The molecular weight excluding hydrogens is 404 g/mol. The molecule has 1 aliphatic rings. The molecule has 30 heavy (non-hydrogen) atoms. The van der Waals surface area contributed by atoms with Crippen molar-refractivity contribution in [1.82, 2.24) is 10.4 Å². The van der Waals surface area contributed by atoms with Gasteiger partial charge in [-0.15, -0.1) is 0 Å². The van der Waals surface area contributed by atoms with Gasteiger partial charge < -0.3 is 4.74 Å². The molecule has 3 rings (SSSR count). The van der Waals surface area contributed by atoms with Gasteiger partial charge in [-0.05, 0) is 43.0 Å². The molecule has 0 bridgehead atoms. The lowest BCUT2D eigenvalue weighted by Gasteiger charge is -2.39. The minimum Gasteiger partial charge on any atom is -0.497 e. The van der Waals surface area contributed by atoms with Crippen LogP contribution < -0.4 is 10.2 Å². The highest BCUT2D eigenvalue weighted by Gasteiger charge is 2.51. The number of carbonyl (C=O) groups excluding carboxylic acids is 1. The Balaban J connectivity index is 1.76. The predicted octanol–water partition coefficient (Wildman–Crippen LogP) is 2.46. The smallest absolute Gasteiger partial charge is 0.264 e. The van der Waals surface area contributed by atoms with E-state index in [1.54, 1.807) is 29.7 Å². The monoisotopic (exact) mass is 432 g/mol. The zero-order valence-electron chi connectivity index (χ0n) is 17.3. The van der Waals surface area contributed by atoms with Crippen molar-refractivity contribution in [3.63, 3.8) is 0 Å². The van der Waals surface area contributed by atoms with Crippen molar-refractivity contribution in [2.24, 2.45) is 0 Å². The molecule has 8 heteroatoms. The average Bonchev–Trinajstić information content (AvgIpc) is 2.75. The summed E-state index contributed by atoms with van der Waals surface area (Å²) < 4.78 is 30.1. The van der Waals surface area contributed by atoms with Gasteiger partial charge in [-0.3, -0.25) is 14.9 Å². The number of methoxy groups -OCH3 is 1. The summed E-state index contributed by atoms with van der Waals surface area (Å²) in [6.45, 7) is 3.61. The number of aryl methyl sites for hydroxylation is 1. The highest BCUT2D eigenvalue weighted by atomic mass is 32.2. The third-order valence-corrected chi connectivity index (χ3v) is 8.31. The topological polar surface area (TPSA) is 95.9 Å². The van der Waals surface area contributed by atoms with Crippen LogP contribution in [0.2, 0.25) is 0 Å². The fourth-order valence-electron chi connectivity index (χ4n) is 3.88. The molecule has 1 heterocycles. The number of amides is 1. The van der Waals surface area contributed by atoms with Crippen molar-refractivity contribution in [3.8, 4) is 5.75 Å². The van der Waals surface area contributed by atoms with E-state index in [2.05, 4.69) is 17.0 Å². The minimum absolute atomic E-state index is 0.129. The number of rotatable bonds is 7. The Morgan fingerprint density at radius 3 is 2.17 bits per heavy atom. The zero-order valence-corrected chi connectivity index (χ0v) is 18.1. The van der Waals surface area contributed by atoms with Crippen LogP contribution in [0.1, 0.15) is 29.5 Å². The molecule has 0 saturated carbocycles. The highest BCUT2D eigenvalue weighted by molar-refractivity contribution is 7.92. The van der Waals surface area contributed by atoms with Crippen molar-refractivity contribution >= 4 is 15.7 Å². The summed E-state index contributed by atoms with van der Waals surface area (Å²) in [7, 11) is -2.33. The highest BCUT2D eigenvalue weighted by Crippen LogP contribution is 2.34. The fraction of sp³-hybridized carbons (Fsp3) is 0.409. The van der Waals surface area contributed by atoms with Gasteiger partial charge in [-0.25, -0.2) is 13.9 Å². The summed E-state index contributed by atoms with van der Waals surface area (Å²) in [5.41, 5.74) is 4.49. The first-order valence-corrected chi connectivity index (χ1v) is 11.5. The SMILES string of the molecule is COc1ccc(CS(=O)(=O)C2(C(=O)NO)CCN(Cc3ccc(C)cc3)CC2)cc1. The van der Waals surface area contributed by atoms with Crippen LogP contribution in [0.15, 0.2) is 48.5 Å². The lowest BCUT2D eigenvalue weighted by atomic mass is 9.94. The molecule has 7 nitrogen and oxygen atoms in total. The molecule has 2 aromatic carbocycles. The number of ether oxygens (including phenoxy) is 1. The molecule has 0 unspecified atom stereocenters. The molecule has 1 aliphatic heterocycles. The van der Waals surface area contributed by atoms with Crippen molar-refractivity contribution < 1.29 is 23.2 Å². The van der Waals surface area contributed by atoms with Crippen LogP contribution in [0.25, 0.3) is 0 Å². The van der Waals surface area contributed by atoms with Crippen LogP contribution in [0.3, 0.4) is 0 Å². The van der Waals surface area contributed by atoms with E-state index in [-0.39, 0.29) is 18.6 Å². The number of likely N-dealkylation sites (tertiary alicyclic amines) is 1. The largest absolute Gasteiger partial charge is 0.497 e. The van der Waals surface area contributed by atoms with Gasteiger partial charge in [0.25, 0.3) is 5.91 Å². The number of hydrogen-bond donors (Lipinski definition) is 2. The lowest BCUT2D eigenvalue weighted by Crippen LogP contribution is -2.57. The van der Waals surface area contributed by atoms with Crippen LogP contribution in [0.4, 0.5) is 0 Å². The molecule has 0 aromatic heterocycles. The summed E-state index contributed by atoms with van der Waals surface area (Å²) >= 11 is 0. The molecule has 2 aromatic rings. The summed E-state index contributed by atoms with van der Waals surface area (Å²) in [6.07, 6.45) is 0.257. The number of hydroxylamine groups is 1. The van der Waals surface area contributed by atoms with E-state index in [0.29, 0.717) is 30.9 Å². The first kappa shape index (κ1) is 22.3. The van der Waals surface area contributed by atoms with Crippen molar-refractivity contribution in [1.29, 1.82) is 0 Å². The molecule has 0 spiro atoms. The minimum atomic E-state index is -3.87. The van der Waals surface area contributed by atoms with Gasteiger partial charge >= 0.3 is 0 Å². The van der Waals surface area contributed by atoms with Gasteiger partial charge in [0.15, 0.2) is 14.6 Å². The standard InChI is InChI=1S/C22H28N2O5S/c1-17-3-5-18(6-4-17)15-24-13-11-22(12-14-24,21(25)23-26)30(27,28)16-19-7-9-20(29-2)10-8-19/h3-10,26H,11-16H2,1-2H3,(H,23,25). The Bertz CT molecular complexity index is 964. The van der Waals surface area contributed by atoms with E-state index < -0.39 is 20.5 Å². The van der Waals surface area contributed by atoms with E-state index in [9.17, 15) is 18.4 Å². The third kappa shape index (κ3) is 4.66. The number of nitrogens with zero attached hydrogens (tertiary/aromatic N) is 1. The zero-order chi connectivity index (χ0) is 21.8. The summed E-state index contributed by atoms with van der Waals surface area (Å²) in [5, 5.41) is 9.28. The number of benzene rings is 2. The second kappa shape index (κ2) is 9.16. The van der Waals surface area contributed by atoms with Gasteiger partial charge in [0, 0.05) is 19.6 Å². The van der Waals surface area contributed by atoms with E-state index in [0.717, 1.165) is 5.56 Å². The van der Waals surface area contributed by atoms with Crippen LogP contribution in [0, 0.1) is 6.92 Å². The Kier molecular flexibility index (Phi) is 6.80. The predicted molar refractivity (Wildman–Crippen MR) is 114 cm³/mol. The maximum absolute atomic E-state index is 13.3. The maximum atomic E-state index is 13.3. The maximum Gasteiger partial charge on any atom is 0.264 e. The average molecular weight is 433 g/mol. The molecule has 1 amide bonds. The van der Waals surface area contributed by atoms with Crippen molar-refractivity contribution in [2.75, 3.05) is 20.2 Å². The second-order valence-electron chi connectivity index (χ2n) is 7.80. The molecule has 1 fully saturated rings. The molecule has 0 atom stereocenters. The van der Waals surface area contributed by atoms with Crippen LogP contribution in [-0.4, -0.2) is 49.4 Å². The first-order valence-electron chi connectivity index (χ1n) is 9.87. The number of piperidine rings is 1. The number of nitrogens with one attached hydrogen (secondary N) is 1. The van der Waals surface area contributed by atoms with Crippen LogP contribution in [0.5, 0.6) is 5.75 Å². The van der Waals surface area contributed by atoms with Crippen LogP contribution in [-0.2, 0) is 26.9 Å². The van der Waals surface area contributed by atoms with Gasteiger partial charge in [-0.1, -0.05) is 42.0 Å². The van der Waals surface area contributed by atoms with Gasteiger partial charge in [0.2, 0.25) is 0 Å². The van der Waals surface area contributed by atoms with Gasteiger partial charge in [0.05, 0.1) is 12.9 Å². The Morgan fingerprint density at radius 2 is 1.63 bits per heavy atom. The van der Waals surface area contributed by atoms with Crippen molar-refractivity contribution in [3.05, 3.63) is 65.2 Å². The Hall–Kier alpha value is -2.42. The van der Waals surface area contributed by atoms with Crippen LogP contribution >= 0.6 is 0 Å². The number of sulfone groups is 1. The molecular formula is C22H28N2O5S. The Morgan fingerprint density at radius 1 is 1.07 bits per heavy atom. The Labute approximate surface area is 177 Å².